The number of carbonyl (C=O) groups is 1. The highest BCUT2D eigenvalue weighted by molar-refractivity contribution is 5.80. The molecule has 1 aliphatic heterocycles. The fourth-order valence-corrected chi connectivity index (χ4v) is 3.02. The second-order valence-electron chi connectivity index (χ2n) is 6.26. The largest absolute Gasteiger partial charge is 0.337 e. The van der Waals surface area contributed by atoms with Gasteiger partial charge < -0.3 is 9.42 Å². The van der Waals surface area contributed by atoms with Crippen LogP contribution in [-0.4, -0.2) is 32.5 Å². The molecule has 6 heteroatoms. The van der Waals surface area contributed by atoms with E-state index in [0.717, 1.165) is 29.7 Å². The Hall–Kier alpha value is -3.02. The van der Waals surface area contributed by atoms with Crippen molar-refractivity contribution < 1.29 is 9.32 Å². The Labute approximate surface area is 145 Å². The third-order valence-electron chi connectivity index (χ3n) is 4.42. The zero-order valence-corrected chi connectivity index (χ0v) is 13.9. The summed E-state index contributed by atoms with van der Waals surface area (Å²) in [5.41, 5.74) is 2.98. The smallest absolute Gasteiger partial charge is 0.249 e. The van der Waals surface area contributed by atoms with Gasteiger partial charge in [0.15, 0.2) is 0 Å². The first-order valence-electron chi connectivity index (χ1n) is 8.30. The molecule has 0 spiro atoms. The summed E-state index contributed by atoms with van der Waals surface area (Å²) < 4.78 is 5.39. The topological polar surface area (TPSA) is 72.1 Å². The lowest BCUT2D eigenvalue weighted by molar-refractivity contribution is -0.139. The van der Waals surface area contributed by atoms with Crippen LogP contribution in [0.2, 0.25) is 0 Å². The summed E-state index contributed by atoms with van der Waals surface area (Å²) in [5.74, 6) is 1.08. The minimum absolute atomic E-state index is 0.0861. The number of hydrogen-bond donors (Lipinski definition) is 0. The number of nitrogens with zero attached hydrogens (tertiary/aromatic N) is 4. The van der Waals surface area contributed by atoms with Gasteiger partial charge in [0, 0.05) is 24.5 Å². The SMILES string of the molecule is Cc1cccc(CC(=O)N2CC[C@@H]2c2nc(-c3cccnc3)no2)c1. The minimum atomic E-state index is -0.129. The molecule has 1 saturated heterocycles. The number of carbonyl (C=O) groups excluding carboxylic acids is 1. The second kappa shape index (κ2) is 6.47. The Balaban J connectivity index is 1.47. The van der Waals surface area contributed by atoms with Crippen LogP contribution in [0, 0.1) is 6.92 Å². The van der Waals surface area contributed by atoms with E-state index < -0.39 is 0 Å². The third-order valence-corrected chi connectivity index (χ3v) is 4.42. The molecule has 6 nitrogen and oxygen atoms in total. The molecule has 0 aliphatic carbocycles. The molecule has 1 aromatic carbocycles. The third kappa shape index (κ3) is 3.15. The summed E-state index contributed by atoms with van der Waals surface area (Å²) in [5, 5.41) is 4.01. The lowest BCUT2D eigenvalue weighted by atomic mass is 10.0. The van der Waals surface area contributed by atoms with Crippen LogP contribution in [0.1, 0.15) is 29.5 Å². The molecule has 3 aromatic rings. The van der Waals surface area contributed by atoms with Gasteiger partial charge >= 0.3 is 0 Å². The van der Waals surface area contributed by atoms with E-state index in [1.165, 1.54) is 0 Å². The lowest BCUT2D eigenvalue weighted by Crippen LogP contribution is -2.46. The van der Waals surface area contributed by atoms with Crippen molar-refractivity contribution in [1.29, 1.82) is 0 Å². The normalized spacial score (nSPS) is 16.5. The van der Waals surface area contributed by atoms with Gasteiger partial charge in [-0.25, -0.2) is 0 Å². The number of likely N-dealkylation sites (tertiary alicyclic amines) is 1. The van der Waals surface area contributed by atoms with Crippen molar-refractivity contribution in [3.8, 4) is 11.4 Å². The van der Waals surface area contributed by atoms with Crippen LogP contribution in [0.15, 0.2) is 53.3 Å². The molecule has 3 heterocycles. The van der Waals surface area contributed by atoms with Crippen molar-refractivity contribution >= 4 is 5.91 Å². The molecule has 1 atom stereocenters. The molecule has 4 rings (SSSR count). The zero-order valence-electron chi connectivity index (χ0n) is 13.9. The van der Waals surface area contributed by atoms with Crippen LogP contribution in [0.5, 0.6) is 0 Å². The molecule has 0 radical (unpaired) electrons. The van der Waals surface area contributed by atoms with Crippen molar-refractivity contribution in [2.45, 2.75) is 25.8 Å². The number of amides is 1. The number of rotatable bonds is 4. The molecule has 0 unspecified atom stereocenters. The van der Waals surface area contributed by atoms with E-state index in [-0.39, 0.29) is 11.9 Å². The van der Waals surface area contributed by atoms with Crippen molar-refractivity contribution in [1.82, 2.24) is 20.0 Å². The lowest BCUT2D eigenvalue weighted by Gasteiger charge is -2.38. The Morgan fingerprint density at radius 1 is 1.32 bits per heavy atom. The summed E-state index contributed by atoms with van der Waals surface area (Å²) in [6.07, 6.45) is 4.62. The maximum Gasteiger partial charge on any atom is 0.249 e. The standard InChI is InChI=1S/C19H18N4O2/c1-13-4-2-5-14(10-13)11-17(24)23-9-7-16(23)19-21-18(22-25-19)15-6-3-8-20-12-15/h2-6,8,10,12,16H,7,9,11H2,1H3/t16-/m1/s1. The van der Waals surface area contributed by atoms with Crippen LogP contribution < -0.4 is 0 Å². The molecule has 25 heavy (non-hydrogen) atoms. The molecule has 0 N–H and O–H groups in total. The van der Waals surface area contributed by atoms with Crippen molar-refractivity contribution in [2.24, 2.45) is 0 Å². The van der Waals surface area contributed by atoms with Crippen molar-refractivity contribution in [3.63, 3.8) is 0 Å². The van der Waals surface area contributed by atoms with Gasteiger partial charge in [0.1, 0.15) is 6.04 Å². The molecule has 1 amide bonds. The van der Waals surface area contributed by atoms with E-state index in [1.807, 2.05) is 48.2 Å². The van der Waals surface area contributed by atoms with E-state index in [0.29, 0.717) is 18.1 Å². The zero-order chi connectivity index (χ0) is 17.2. The number of aryl methyl sites for hydroxylation is 1. The first-order chi connectivity index (χ1) is 12.2. The number of benzene rings is 1. The second-order valence-corrected chi connectivity index (χ2v) is 6.26. The summed E-state index contributed by atoms with van der Waals surface area (Å²) in [4.78, 5) is 22.9. The number of hydrogen-bond acceptors (Lipinski definition) is 5. The van der Waals surface area contributed by atoms with Crippen LogP contribution in [0.25, 0.3) is 11.4 Å². The average Bonchev–Trinajstić information content (AvgIpc) is 3.04. The van der Waals surface area contributed by atoms with Gasteiger partial charge in [0.2, 0.25) is 17.6 Å². The minimum Gasteiger partial charge on any atom is -0.337 e. The van der Waals surface area contributed by atoms with Gasteiger partial charge in [-0.2, -0.15) is 4.98 Å². The highest BCUT2D eigenvalue weighted by Gasteiger charge is 2.37. The van der Waals surface area contributed by atoms with Crippen molar-refractivity contribution in [3.05, 3.63) is 65.8 Å². The van der Waals surface area contributed by atoms with Crippen LogP contribution in [0.3, 0.4) is 0 Å². The van der Waals surface area contributed by atoms with Gasteiger partial charge in [-0.1, -0.05) is 35.0 Å². The van der Waals surface area contributed by atoms with Crippen LogP contribution in [0.4, 0.5) is 0 Å². The molecule has 0 bridgehead atoms. The summed E-state index contributed by atoms with van der Waals surface area (Å²) in [6, 6.07) is 11.6. The monoisotopic (exact) mass is 334 g/mol. The molecule has 0 saturated carbocycles. The highest BCUT2D eigenvalue weighted by atomic mass is 16.5. The average molecular weight is 334 g/mol. The maximum absolute atomic E-state index is 12.6. The van der Waals surface area contributed by atoms with E-state index in [4.69, 9.17) is 4.52 Å². The molecule has 1 aliphatic rings. The summed E-state index contributed by atoms with van der Waals surface area (Å²) in [7, 11) is 0. The van der Waals surface area contributed by atoms with E-state index >= 15 is 0 Å². The first kappa shape index (κ1) is 15.5. The predicted molar refractivity (Wildman–Crippen MR) is 91.5 cm³/mol. The molecular formula is C19H18N4O2. The number of aromatic nitrogens is 3. The fourth-order valence-electron chi connectivity index (χ4n) is 3.02. The quantitative estimate of drug-likeness (QED) is 0.733. The van der Waals surface area contributed by atoms with E-state index in [2.05, 4.69) is 15.1 Å². The van der Waals surface area contributed by atoms with Gasteiger partial charge in [-0.05, 0) is 31.0 Å². The van der Waals surface area contributed by atoms with Crippen molar-refractivity contribution in [2.75, 3.05) is 6.54 Å². The van der Waals surface area contributed by atoms with E-state index in [9.17, 15) is 4.79 Å². The Morgan fingerprint density at radius 3 is 2.96 bits per heavy atom. The summed E-state index contributed by atoms with van der Waals surface area (Å²) >= 11 is 0. The van der Waals surface area contributed by atoms with Gasteiger partial charge in [-0.15, -0.1) is 0 Å². The summed E-state index contributed by atoms with van der Waals surface area (Å²) in [6.45, 7) is 2.75. The Kier molecular flexibility index (Phi) is 4.01. The van der Waals surface area contributed by atoms with Gasteiger partial charge in [0.25, 0.3) is 0 Å². The Morgan fingerprint density at radius 2 is 2.24 bits per heavy atom. The molecular weight excluding hydrogens is 316 g/mol. The maximum atomic E-state index is 12.6. The van der Waals surface area contributed by atoms with Gasteiger partial charge in [0.05, 0.1) is 6.42 Å². The molecule has 1 fully saturated rings. The first-order valence-corrected chi connectivity index (χ1v) is 8.30. The number of pyridine rings is 1. The Bertz CT molecular complexity index is 891. The molecule has 2 aromatic heterocycles. The van der Waals surface area contributed by atoms with Gasteiger partial charge in [-0.3, -0.25) is 9.78 Å². The molecule has 126 valence electrons. The fraction of sp³-hybridized carbons (Fsp3) is 0.263. The van der Waals surface area contributed by atoms with E-state index in [1.54, 1.807) is 12.4 Å². The van der Waals surface area contributed by atoms with Crippen LogP contribution in [-0.2, 0) is 11.2 Å². The highest BCUT2D eigenvalue weighted by Crippen LogP contribution is 2.33. The van der Waals surface area contributed by atoms with Crippen LogP contribution >= 0.6 is 0 Å². The predicted octanol–water partition coefficient (Wildman–Crippen LogP) is 2.96.